The number of aryl methyl sites for hydroxylation is 2. The van der Waals surface area contributed by atoms with E-state index in [4.69, 9.17) is 4.42 Å². The van der Waals surface area contributed by atoms with E-state index in [2.05, 4.69) is 9.97 Å². The zero-order valence-corrected chi connectivity index (χ0v) is 11.1. The largest absolute Gasteiger partial charge is 0.438 e. The Balaban J connectivity index is 2.21. The molecule has 2 aromatic heterocycles. The summed E-state index contributed by atoms with van der Waals surface area (Å²) in [6, 6.07) is 0. The van der Waals surface area contributed by atoms with Crippen LogP contribution in [0.1, 0.15) is 47.7 Å². The van der Waals surface area contributed by atoms with Gasteiger partial charge in [0.2, 0.25) is 5.78 Å². The molecule has 18 heavy (non-hydrogen) atoms. The van der Waals surface area contributed by atoms with Crippen molar-refractivity contribution in [2.75, 3.05) is 0 Å². The summed E-state index contributed by atoms with van der Waals surface area (Å²) in [5, 5.41) is 0. The highest BCUT2D eigenvalue weighted by molar-refractivity contribution is 5.94. The number of hydrogen-bond donors (Lipinski definition) is 0. The third-order valence-corrected chi connectivity index (χ3v) is 2.73. The number of aromatic nitrogens is 3. The second kappa shape index (κ2) is 4.76. The number of oxazole rings is 1. The molecule has 0 saturated heterocycles. The van der Waals surface area contributed by atoms with Crippen molar-refractivity contribution in [3.05, 3.63) is 35.6 Å². The van der Waals surface area contributed by atoms with Gasteiger partial charge in [-0.15, -0.1) is 0 Å². The zero-order valence-electron chi connectivity index (χ0n) is 11.1. The molecule has 0 aliphatic carbocycles. The van der Waals surface area contributed by atoms with Gasteiger partial charge in [-0.2, -0.15) is 0 Å². The van der Waals surface area contributed by atoms with Gasteiger partial charge in [-0.25, -0.2) is 9.97 Å². The van der Waals surface area contributed by atoms with Gasteiger partial charge in [0, 0.05) is 25.2 Å². The predicted molar refractivity (Wildman–Crippen MR) is 66.6 cm³/mol. The summed E-state index contributed by atoms with van der Waals surface area (Å²) in [4.78, 5) is 20.5. The van der Waals surface area contributed by atoms with Crippen molar-refractivity contribution in [2.45, 2.75) is 40.2 Å². The molecule has 5 nitrogen and oxygen atoms in total. The molecule has 0 aliphatic heterocycles. The van der Waals surface area contributed by atoms with Crippen LogP contribution in [0.2, 0.25) is 0 Å². The van der Waals surface area contributed by atoms with Crippen LogP contribution < -0.4 is 0 Å². The average Bonchev–Trinajstić information content (AvgIpc) is 2.85. The highest BCUT2D eigenvalue weighted by Crippen LogP contribution is 2.15. The van der Waals surface area contributed by atoms with Gasteiger partial charge in [-0.3, -0.25) is 4.79 Å². The summed E-state index contributed by atoms with van der Waals surface area (Å²) in [5.41, 5.74) is 0.642. The minimum atomic E-state index is -0.0759. The summed E-state index contributed by atoms with van der Waals surface area (Å²) < 4.78 is 7.18. The van der Waals surface area contributed by atoms with E-state index in [1.165, 1.54) is 0 Å². The summed E-state index contributed by atoms with van der Waals surface area (Å²) >= 11 is 0. The maximum Gasteiger partial charge on any atom is 0.219 e. The molecule has 0 spiro atoms. The number of ketones is 1. The second-order valence-electron chi connectivity index (χ2n) is 4.64. The predicted octanol–water partition coefficient (Wildman–Crippen LogP) is 2.49. The Morgan fingerprint density at radius 2 is 2.17 bits per heavy atom. The molecule has 0 N–H and O–H groups in total. The van der Waals surface area contributed by atoms with Crippen LogP contribution in [0, 0.1) is 13.8 Å². The van der Waals surface area contributed by atoms with Crippen molar-refractivity contribution < 1.29 is 9.21 Å². The van der Waals surface area contributed by atoms with E-state index in [1.807, 2.05) is 24.6 Å². The van der Waals surface area contributed by atoms with Gasteiger partial charge in [0.25, 0.3) is 0 Å². The maximum absolute atomic E-state index is 12.1. The summed E-state index contributed by atoms with van der Waals surface area (Å²) in [6.45, 7) is 7.85. The molecule has 0 amide bonds. The molecule has 0 atom stereocenters. The van der Waals surface area contributed by atoms with E-state index in [0.29, 0.717) is 17.3 Å². The van der Waals surface area contributed by atoms with Crippen LogP contribution in [0.25, 0.3) is 0 Å². The summed E-state index contributed by atoms with van der Waals surface area (Å²) in [7, 11) is 0. The van der Waals surface area contributed by atoms with Crippen molar-refractivity contribution in [2.24, 2.45) is 0 Å². The lowest BCUT2D eigenvalue weighted by Gasteiger charge is -2.08. The standard InChI is InChI=1S/C13H17N3O2/c1-8(2)13-14-5-6-16(13)7-11(17)12-9(3)15-10(4)18-12/h5-6,8H,7H2,1-4H3. The number of imidazole rings is 1. The molecule has 0 saturated carbocycles. The molecule has 0 bridgehead atoms. The van der Waals surface area contributed by atoms with E-state index in [-0.39, 0.29) is 18.2 Å². The van der Waals surface area contributed by atoms with Crippen molar-refractivity contribution in [1.29, 1.82) is 0 Å². The first kappa shape index (κ1) is 12.5. The number of hydrogen-bond acceptors (Lipinski definition) is 4. The molecule has 0 unspecified atom stereocenters. The van der Waals surface area contributed by atoms with Crippen molar-refractivity contribution in [3.63, 3.8) is 0 Å². The Labute approximate surface area is 106 Å². The molecule has 0 aromatic carbocycles. The molecular weight excluding hydrogens is 230 g/mol. The van der Waals surface area contributed by atoms with Crippen LogP contribution in [-0.2, 0) is 6.54 Å². The molecule has 2 aromatic rings. The fourth-order valence-electron chi connectivity index (χ4n) is 1.97. The Morgan fingerprint density at radius 1 is 1.44 bits per heavy atom. The third-order valence-electron chi connectivity index (χ3n) is 2.73. The molecule has 2 heterocycles. The fraction of sp³-hybridized carbons (Fsp3) is 0.462. The van der Waals surface area contributed by atoms with Crippen LogP contribution in [0.3, 0.4) is 0 Å². The number of nitrogens with zero attached hydrogens (tertiary/aromatic N) is 3. The van der Waals surface area contributed by atoms with E-state index >= 15 is 0 Å². The van der Waals surface area contributed by atoms with Gasteiger partial charge in [0.1, 0.15) is 5.82 Å². The van der Waals surface area contributed by atoms with Gasteiger partial charge in [0.15, 0.2) is 11.7 Å². The average molecular weight is 247 g/mol. The maximum atomic E-state index is 12.1. The Kier molecular flexibility index (Phi) is 3.32. The first-order valence-electron chi connectivity index (χ1n) is 5.97. The van der Waals surface area contributed by atoms with Crippen molar-refractivity contribution in [1.82, 2.24) is 14.5 Å². The summed E-state index contributed by atoms with van der Waals surface area (Å²) in [6.07, 6.45) is 3.52. The molecule has 0 radical (unpaired) electrons. The molecule has 96 valence electrons. The SMILES string of the molecule is Cc1nc(C)c(C(=O)Cn2ccnc2C(C)C)o1. The zero-order chi connectivity index (χ0) is 13.3. The lowest BCUT2D eigenvalue weighted by molar-refractivity contribution is 0.0941. The van der Waals surface area contributed by atoms with Gasteiger partial charge < -0.3 is 8.98 Å². The number of Topliss-reactive ketones (excluding diaryl/α,β-unsaturated/α-hetero) is 1. The van der Waals surface area contributed by atoms with Crippen LogP contribution in [-0.4, -0.2) is 20.3 Å². The Morgan fingerprint density at radius 3 is 2.72 bits per heavy atom. The lowest BCUT2D eigenvalue weighted by atomic mass is 10.2. The fourth-order valence-corrected chi connectivity index (χ4v) is 1.97. The highest BCUT2D eigenvalue weighted by atomic mass is 16.4. The second-order valence-corrected chi connectivity index (χ2v) is 4.64. The van der Waals surface area contributed by atoms with E-state index in [0.717, 1.165) is 5.82 Å². The summed E-state index contributed by atoms with van der Waals surface area (Å²) in [5.74, 6) is 1.97. The van der Waals surface area contributed by atoms with Gasteiger partial charge >= 0.3 is 0 Å². The Bertz CT molecular complexity index is 567. The van der Waals surface area contributed by atoms with Gasteiger partial charge in [-0.1, -0.05) is 13.8 Å². The molecule has 5 heteroatoms. The molecule has 0 aliphatic rings. The van der Waals surface area contributed by atoms with Crippen LogP contribution in [0.4, 0.5) is 0 Å². The first-order valence-corrected chi connectivity index (χ1v) is 5.97. The lowest BCUT2D eigenvalue weighted by Crippen LogP contribution is -2.13. The minimum absolute atomic E-state index is 0.0759. The monoisotopic (exact) mass is 247 g/mol. The Hall–Kier alpha value is -1.91. The minimum Gasteiger partial charge on any atom is -0.438 e. The van der Waals surface area contributed by atoms with E-state index < -0.39 is 0 Å². The van der Waals surface area contributed by atoms with Gasteiger partial charge in [-0.05, 0) is 6.92 Å². The number of rotatable bonds is 4. The quantitative estimate of drug-likeness (QED) is 0.779. The van der Waals surface area contributed by atoms with Crippen molar-refractivity contribution in [3.8, 4) is 0 Å². The van der Waals surface area contributed by atoms with Crippen LogP contribution in [0.15, 0.2) is 16.8 Å². The topological polar surface area (TPSA) is 60.9 Å². The van der Waals surface area contributed by atoms with E-state index in [9.17, 15) is 4.79 Å². The van der Waals surface area contributed by atoms with Crippen LogP contribution in [0.5, 0.6) is 0 Å². The normalized spacial score (nSPS) is 11.2. The number of carbonyl (C=O) groups is 1. The molecular formula is C13H17N3O2. The van der Waals surface area contributed by atoms with Gasteiger partial charge in [0.05, 0.1) is 12.2 Å². The third kappa shape index (κ3) is 2.34. The first-order chi connectivity index (χ1) is 8.49. The number of carbonyl (C=O) groups excluding carboxylic acids is 1. The van der Waals surface area contributed by atoms with Crippen LogP contribution >= 0.6 is 0 Å². The van der Waals surface area contributed by atoms with E-state index in [1.54, 1.807) is 20.0 Å². The smallest absolute Gasteiger partial charge is 0.219 e. The van der Waals surface area contributed by atoms with Crippen molar-refractivity contribution >= 4 is 5.78 Å². The highest BCUT2D eigenvalue weighted by Gasteiger charge is 2.18. The molecule has 2 rings (SSSR count). The molecule has 0 fully saturated rings.